The lowest BCUT2D eigenvalue weighted by molar-refractivity contribution is -0.137. The van der Waals surface area contributed by atoms with Gasteiger partial charge in [0.2, 0.25) is 0 Å². The zero-order valence-corrected chi connectivity index (χ0v) is 17.6. The fourth-order valence-corrected chi connectivity index (χ4v) is 7.42. The van der Waals surface area contributed by atoms with Crippen molar-refractivity contribution < 1.29 is 19.8 Å². The van der Waals surface area contributed by atoms with Crippen LogP contribution in [0.1, 0.15) is 70.4 Å². The number of hydrogen-bond donors (Lipinski definition) is 2. The monoisotopic (exact) mass is 413 g/mol. The summed E-state index contributed by atoms with van der Waals surface area (Å²) in [5.41, 5.74) is 0.720. The van der Waals surface area contributed by atoms with Gasteiger partial charge in [0.25, 0.3) is 0 Å². The van der Waals surface area contributed by atoms with Gasteiger partial charge in [-0.05, 0) is 74.7 Å². The third-order valence-electron chi connectivity index (χ3n) is 8.97. The first-order valence-corrected chi connectivity index (χ1v) is 11.4. The number of carbonyl (C=O) groups is 2. The summed E-state index contributed by atoms with van der Waals surface area (Å²) >= 11 is 0. The topological polar surface area (TPSA) is 105 Å². The minimum absolute atomic E-state index is 0.00931. The summed E-state index contributed by atoms with van der Waals surface area (Å²) in [6.45, 7) is 2.49. The van der Waals surface area contributed by atoms with Gasteiger partial charge in [0.05, 0.1) is 19.2 Å². The van der Waals surface area contributed by atoms with Gasteiger partial charge in [0, 0.05) is 11.8 Å². The number of ketones is 1. The van der Waals surface area contributed by atoms with Crippen LogP contribution in [0.25, 0.3) is 0 Å². The Bertz CT molecular complexity index is 908. The summed E-state index contributed by atoms with van der Waals surface area (Å²) in [4.78, 5) is 22.7. The van der Waals surface area contributed by atoms with Crippen LogP contribution in [0, 0.1) is 29.1 Å². The SMILES string of the molecule is C[C@]12CCC3C4CCC(=O)C=C4CCC3C1CC[C@@]2(O)c1cn(CCC(=O)O)nn1. The van der Waals surface area contributed by atoms with E-state index in [1.165, 1.54) is 5.57 Å². The summed E-state index contributed by atoms with van der Waals surface area (Å²) in [6.07, 6.45) is 11.2. The van der Waals surface area contributed by atoms with Gasteiger partial charge in [-0.25, -0.2) is 0 Å². The first kappa shape index (κ1) is 19.9. The lowest BCUT2D eigenvalue weighted by atomic mass is 9.50. The Labute approximate surface area is 176 Å². The number of aromatic nitrogens is 3. The normalized spacial score (nSPS) is 40.3. The van der Waals surface area contributed by atoms with Gasteiger partial charge in [0.1, 0.15) is 11.3 Å². The van der Waals surface area contributed by atoms with Crippen LogP contribution < -0.4 is 0 Å². The number of hydrogen-bond acceptors (Lipinski definition) is 5. The molecule has 30 heavy (non-hydrogen) atoms. The van der Waals surface area contributed by atoms with Crippen LogP contribution in [0.2, 0.25) is 0 Å². The number of fused-ring (bicyclic) bond motifs is 5. The highest BCUT2D eigenvalue weighted by molar-refractivity contribution is 5.91. The molecule has 1 aromatic heterocycles. The molecule has 0 bridgehead atoms. The number of aryl methyl sites for hydroxylation is 1. The van der Waals surface area contributed by atoms with Crippen molar-refractivity contribution in [1.29, 1.82) is 0 Å². The first-order valence-electron chi connectivity index (χ1n) is 11.4. The van der Waals surface area contributed by atoms with E-state index in [4.69, 9.17) is 5.11 Å². The van der Waals surface area contributed by atoms with E-state index in [0.29, 0.717) is 48.0 Å². The van der Waals surface area contributed by atoms with Crippen LogP contribution in [0.15, 0.2) is 17.8 Å². The maximum atomic E-state index is 11.9. The molecule has 0 radical (unpaired) electrons. The van der Waals surface area contributed by atoms with Gasteiger partial charge >= 0.3 is 5.97 Å². The number of carboxylic acids is 1. The summed E-state index contributed by atoms with van der Waals surface area (Å²) in [5, 5.41) is 29.2. The van der Waals surface area contributed by atoms with E-state index in [1.807, 2.05) is 6.08 Å². The number of carboxylic acid groups (broad SMARTS) is 1. The third-order valence-corrected chi connectivity index (χ3v) is 8.97. The molecule has 4 aliphatic carbocycles. The van der Waals surface area contributed by atoms with E-state index in [9.17, 15) is 14.7 Å². The highest BCUT2D eigenvalue weighted by atomic mass is 16.4. The van der Waals surface area contributed by atoms with E-state index in [0.717, 1.165) is 38.5 Å². The predicted octanol–water partition coefficient (Wildman–Crippen LogP) is 3.08. The molecule has 2 N–H and O–H groups in total. The molecule has 3 fully saturated rings. The molecule has 7 nitrogen and oxygen atoms in total. The van der Waals surface area contributed by atoms with Gasteiger partial charge in [-0.1, -0.05) is 17.7 Å². The van der Waals surface area contributed by atoms with Crippen LogP contribution in [0.4, 0.5) is 0 Å². The smallest absolute Gasteiger partial charge is 0.305 e. The molecule has 0 amide bonds. The predicted molar refractivity (Wildman–Crippen MR) is 108 cm³/mol. The van der Waals surface area contributed by atoms with Crippen molar-refractivity contribution in [3.8, 4) is 0 Å². The van der Waals surface area contributed by atoms with Crippen LogP contribution in [-0.4, -0.2) is 37.0 Å². The minimum Gasteiger partial charge on any atom is -0.481 e. The zero-order chi connectivity index (χ0) is 21.1. The molecule has 1 heterocycles. The summed E-state index contributed by atoms with van der Waals surface area (Å²) in [7, 11) is 0. The van der Waals surface area contributed by atoms with E-state index < -0.39 is 11.6 Å². The fourth-order valence-electron chi connectivity index (χ4n) is 7.42. The Hall–Kier alpha value is -2.02. The average molecular weight is 414 g/mol. The Balaban J connectivity index is 1.39. The van der Waals surface area contributed by atoms with Gasteiger partial charge in [-0.2, -0.15) is 0 Å². The Morgan fingerprint density at radius 3 is 2.83 bits per heavy atom. The number of aliphatic hydroxyl groups is 1. The van der Waals surface area contributed by atoms with Gasteiger partial charge in [-0.15, -0.1) is 5.10 Å². The Morgan fingerprint density at radius 2 is 2.03 bits per heavy atom. The lowest BCUT2D eigenvalue weighted by Crippen LogP contribution is -2.51. The van der Waals surface area contributed by atoms with Crippen molar-refractivity contribution in [2.24, 2.45) is 29.1 Å². The molecule has 4 aliphatic rings. The lowest BCUT2D eigenvalue weighted by Gasteiger charge is -2.55. The fraction of sp³-hybridized carbons (Fsp3) is 0.739. The summed E-state index contributed by atoms with van der Waals surface area (Å²) in [6, 6.07) is 0. The third kappa shape index (κ3) is 2.88. The molecule has 7 heteroatoms. The molecule has 162 valence electrons. The highest BCUT2D eigenvalue weighted by Crippen LogP contribution is 2.67. The molecular weight excluding hydrogens is 382 g/mol. The number of rotatable bonds is 4. The second-order valence-electron chi connectivity index (χ2n) is 10.2. The van der Waals surface area contributed by atoms with Crippen molar-refractivity contribution in [2.75, 3.05) is 0 Å². The molecule has 0 saturated heterocycles. The van der Waals surface area contributed by atoms with Crippen molar-refractivity contribution >= 4 is 11.8 Å². The molecule has 5 rings (SSSR count). The summed E-state index contributed by atoms with van der Waals surface area (Å²) < 4.78 is 1.54. The zero-order valence-electron chi connectivity index (χ0n) is 17.6. The maximum absolute atomic E-state index is 11.9. The second kappa shape index (κ2) is 7.01. The number of carbonyl (C=O) groups excluding carboxylic acids is 1. The number of allylic oxidation sites excluding steroid dienone is 1. The number of aliphatic carboxylic acids is 1. The molecule has 1 aromatic rings. The van der Waals surface area contributed by atoms with Crippen molar-refractivity contribution in [3.63, 3.8) is 0 Å². The number of nitrogens with zero attached hydrogens (tertiary/aromatic N) is 3. The second-order valence-corrected chi connectivity index (χ2v) is 10.2. The van der Waals surface area contributed by atoms with Crippen molar-refractivity contribution in [1.82, 2.24) is 15.0 Å². The van der Waals surface area contributed by atoms with Gasteiger partial charge < -0.3 is 10.2 Å². The first-order chi connectivity index (χ1) is 14.3. The van der Waals surface area contributed by atoms with E-state index in [1.54, 1.807) is 10.9 Å². The van der Waals surface area contributed by atoms with Gasteiger partial charge in [0.15, 0.2) is 5.78 Å². The largest absolute Gasteiger partial charge is 0.481 e. The quantitative estimate of drug-likeness (QED) is 0.786. The highest BCUT2D eigenvalue weighted by Gasteiger charge is 2.63. The van der Waals surface area contributed by atoms with Crippen LogP contribution in [0.5, 0.6) is 0 Å². The Morgan fingerprint density at radius 1 is 1.20 bits per heavy atom. The van der Waals surface area contributed by atoms with E-state index in [2.05, 4.69) is 17.2 Å². The van der Waals surface area contributed by atoms with Crippen LogP contribution in [0.3, 0.4) is 0 Å². The molecule has 4 unspecified atom stereocenters. The van der Waals surface area contributed by atoms with Gasteiger partial charge in [-0.3, -0.25) is 14.3 Å². The van der Waals surface area contributed by atoms with Crippen LogP contribution in [-0.2, 0) is 21.7 Å². The Kier molecular flexibility index (Phi) is 4.65. The molecule has 6 atom stereocenters. The van der Waals surface area contributed by atoms with E-state index >= 15 is 0 Å². The standard InChI is InChI=1S/C23H31N3O4/c1-22-9-6-17-16-5-3-15(27)12-14(16)2-4-18(17)19(22)7-10-23(22,30)20-13-26(25-24-20)11-8-21(28)29/h12-13,16-19,30H,2-11H2,1H3,(H,28,29)/t16?,17?,18?,19?,22-,23+/m0/s1. The molecule has 0 aromatic carbocycles. The minimum atomic E-state index is -1.01. The summed E-state index contributed by atoms with van der Waals surface area (Å²) in [5.74, 6) is 1.65. The van der Waals surface area contributed by atoms with Crippen LogP contribution >= 0.6 is 0 Å². The molecule has 3 saturated carbocycles. The van der Waals surface area contributed by atoms with Crippen molar-refractivity contribution in [3.05, 3.63) is 23.5 Å². The molecule has 0 spiro atoms. The maximum Gasteiger partial charge on any atom is 0.305 e. The van der Waals surface area contributed by atoms with Crippen molar-refractivity contribution in [2.45, 2.75) is 76.9 Å². The average Bonchev–Trinajstić information content (AvgIpc) is 3.30. The van der Waals surface area contributed by atoms with E-state index in [-0.39, 0.29) is 18.4 Å². The molecule has 0 aliphatic heterocycles. The molecular formula is C23H31N3O4.